The number of nitrogens with two attached hydrogens (primary N) is 1. The first-order valence-corrected chi connectivity index (χ1v) is 10.8. The highest BCUT2D eigenvalue weighted by atomic mass is 16.6. The summed E-state index contributed by atoms with van der Waals surface area (Å²) in [4.78, 5) is 38.1. The highest BCUT2D eigenvalue weighted by molar-refractivity contribution is 5.81. The minimum Gasteiger partial charge on any atom is -0.465 e. The Balaban J connectivity index is 1.58. The summed E-state index contributed by atoms with van der Waals surface area (Å²) < 4.78 is 5.42. The molecule has 0 aromatic rings. The third kappa shape index (κ3) is 3.55. The SMILES string of the molecule is CC(C)(C)OC(=O)N[C@@H]1CCN(C(=O)O)C1C1C2CC3CC1CC(C(N)=O)(C3)C2. The Kier molecular flexibility index (Phi) is 4.74. The lowest BCUT2D eigenvalue weighted by atomic mass is 9.44. The van der Waals surface area contributed by atoms with E-state index >= 15 is 0 Å². The third-order valence-electron chi connectivity index (χ3n) is 7.66. The van der Waals surface area contributed by atoms with Gasteiger partial charge in [-0.05, 0) is 83.0 Å². The van der Waals surface area contributed by atoms with Crippen LogP contribution in [0.4, 0.5) is 9.59 Å². The molecule has 4 bridgehead atoms. The van der Waals surface area contributed by atoms with Gasteiger partial charge in [0.25, 0.3) is 0 Å². The largest absolute Gasteiger partial charge is 0.465 e. The highest BCUT2D eigenvalue weighted by Crippen LogP contribution is 2.63. The average molecular weight is 408 g/mol. The van der Waals surface area contributed by atoms with Gasteiger partial charge in [-0.3, -0.25) is 4.79 Å². The number of carboxylic acid groups (broad SMARTS) is 1. The molecule has 4 saturated carbocycles. The van der Waals surface area contributed by atoms with E-state index in [2.05, 4.69) is 5.32 Å². The van der Waals surface area contributed by atoms with Crippen LogP contribution >= 0.6 is 0 Å². The number of amides is 3. The van der Waals surface area contributed by atoms with E-state index in [4.69, 9.17) is 10.5 Å². The molecule has 5 rings (SSSR count). The lowest BCUT2D eigenvalue weighted by molar-refractivity contribution is -0.154. The van der Waals surface area contributed by atoms with E-state index in [-0.39, 0.29) is 35.7 Å². The molecule has 5 fully saturated rings. The molecule has 0 spiro atoms. The number of hydrogen-bond acceptors (Lipinski definition) is 4. The molecular formula is C21H33N3O5. The molecular weight excluding hydrogens is 374 g/mol. The van der Waals surface area contributed by atoms with Gasteiger partial charge in [0.2, 0.25) is 5.91 Å². The molecule has 4 aliphatic carbocycles. The zero-order valence-corrected chi connectivity index (χ0v) is 17.5. The van der Waals surface area contributed by atoms with Crippen LogP contribution in [0.3, 0.4) is 0 Å². The van der Waals surface area contributed by atoms with Crippen LogP contribution in [0.25, 0.3) is 0 Å². The average Bonchev–Trinajstić information content (AvgIpc) is 2.95. The fourth-order valence-electron chi connectivity index (χ4n) is 7.05. The van der Waals surface area contributed by atoms with E-state index in [0.717, 1.165) is 32.1 Å². The summed E-state index contributed by atoms with van der Waals surface area (Å²) in [5, 5.41) is 12.8. The molecule has 4 atom stereocenters. The number of carbonyl (C=O) groups excluding carboxylic acids is 2. The van der Waals surface area contributed by atoms with Gasteiger partial charge in [-0.1, -0.05) is 0 Å². The van der Waals surface area contributed by atoms with E-state index in [0.29, 0.717) is 18.9 Å². The Morgan fingerprint density at radius 3 is 2.28 bits per heavy atom. The number of nitrogens with zero attached hydrogens (tertiary/aromatic N) is 1. The summed E-state index contributed by atoms with van der Waals surface area (Å²) in [5.74, 6) is 1.02. The maximum atomic E-state index is 12.4. The van der Waals surface area contributed by atoms with Crippen molar-refractivity contribution in [3.63, 3.8) is 0 Å². The molecule has 3 unspecified atom stereocenters. The number of nitrogens with one attached hydrogen (secondary N) is 1. The molecule has 162 valence electrons. The Morgan fingerprint density at radius 1 is 1.14 bits per heavy atom. The first kappa shape index (κ1) is 20.3. The quantitative estimate of drug-likeness (QED) is 0.664. The predicted octanol–water partition coefficient (Wildman–Crippen LogP) is 2.56. The summed E-state index contributed by atoms with van der Waals surface area (Å²) in [6.45, 7) is 5.83. The van der Waals surface area contributed by atoms with Crippen molar-refractivity contribution in [3.8, 4) is 0 Å². The zero-order chi connectivity index (χ0) is 21.1. The minimum absolute atomic E-state index is 0.151. The van der Waals surface area contributed by atoms with E-state index in [9.17, 15) is 19.5 Å². The summed E-state index contributed by atoms with van der Waals surface area (Å²) in [6, 6.07) is -0.548. The third-order valence-corrected chi connectivity index (χ3v) is 7.66. The summed E-state index contributed by atoms with van der Waals surface area (Å²) in [5.41, 5.74) is 4.78. The van der Waals surface area contributed by atoms with Crippen LogP contribution in [0, 0.1) is 29.1 Å². The van der Waals surface area contributed by atoms with Crippen molar-refractivity contribution in [3.05, 3.63) is 0 Å². The van der Waals surface area contributed by atoms with Crippen LogP contribution in [0.5, 0.6) is 0 Å². The number of alkyl carbamates (subject to hydrolysis) is 1. The van der Waals surface area contributed by atoms with Crippen LogP contribution in [-0.4, -0.2) is 52.3 Å². The second kappa shape index (κ2) is 6.77. The van der Waals surface area contributed by atoms with E-state index in [1.807, 2.05) is 20.8 Å². The Morgan fingerprint density at radius 2 is 1.76 bits per heavy atom. The normalized spacial score (nSPS) is 40.7. The van der Waals surface area contributed by atoms with Gasteiger partial charge < -0.3 is 25.8 Å². The Bertz CT molecular complexity index is 702. The maximum absolute atomic E-state index is 12.4. The van der Waals surface area contributed by atoms with Gasteiger partial charge in [0.05, 0.1) is 12.1 Å². The molecule has 0 aromatic heterocycles. The smallest absolute Gasteiger partial charge is 0.407 e. The second-order valence-electron chi connectivity index (χ2n) is 10.7. The molecule has 4 N–H and O–H groups in total. The van der Waals surface area contributed by atoms with Gasteiger partial charge in [0.15, 0.2) is 0 Å². The predicted molar refractivity (Wildman–Crippen MR) is 105 cm³/mol. The van der Waals surface area contributed by atoms with Gasteiger partial charge in [-0.2, -0.15) is 0 Å². The minimum atomic E-state index is -0.943. The molecule has 8 heteroatoms. The first-order chi connectivity index (χ1) is 13.5. The van der Waals surface area contributed by atoms with Crippen molar-refractivity contribution >= 4 is 18.1 Å². The molecule has 1 saturated heterocycles. The van der Waals surface area contributed by atoms with E-state index in [1.54, 1.807) is 0 Å². The molecule has 1 heterocycles. The van der Waals surface area contributed by atoms with Gasteiger partial charge in [0, 0.05) is 12.0 Å². The van der Waals surface area contributed by atoms with Crippen molar-refractivity contribution in [1.82, 2.24) is 10.2 Å². The first-order valence-electron chi connectivity index (χ1n) is 10.8. The summed E-state index contributed by atoms with van der Waals surface area (Å²) in [6.07, 6.45) is 3.58. The van der Waals surface area contributed by atoms with Crippen LogP contribution in [-0.2, 0) is 9.53 Å². The Hall–Kier alpha value is -1.99. The number of rotatable bonds is 3. The van der Waals surface area contributed by atoms with Crippen LogP contribution in [0.15, 0.2) is 0 Å². The van der Waals surface area contributed by atoms with Gasteiger partial charge in [-0.15, -0.1) is 0 Å². The topological polar surface area (TPSA) is 122 Å². The van der Waals surface area contributed by atoms with Gasteiger partial charge >= 0.3 is 12.2 Å². The molecule has 3 amide bonds. The standard InChI is InChI=1S/C21H33N3O5/c1-20(2,3)29-18(26)23-14-4-5-24(19(27)28)16(14)15-12-6-11-7-13(15)10-21(8-11,9-12)17(22)25/h11-16H,4-10H2,1-3H3,(H2,22,25)(H,23,26)(H,27,28)/t11?,12?,13?,14-,15?,16?,21?/m1/s1. The lowest BCUT2D eigenvalue weighted by Crippen LogP contribution is -2.62. The molecule has 8 nitrogen and oxygen atoms in total. The highest BCUT2D eigenvalue weighted by Gasteiger charge is 2.61. The maximum Gasteiger partial charge on any atom is 0.407 e. The second-order valence-corrected chi connectivity index (χ2v) is 10.7. The van der Waals surface area contributed by atoms with E-state index < -0.39 is 23.2 Å². The molecule has 1 aliphatic heterocycles. The van der Waals surface area contributed by atoms with Crippen LogP contribution in [0.2, 0.25) is 0 Å². The van der Waals surface area contributed by atoms with Crippen molar-refractivity contribution in [2.24, 2.45) is 34.8 Å². The lowest BCUT2D eigenvalue weighted by Gasteiger charge is -2.61. The van der Waals surface area contributed by atoms with Crippen molar-refractivity contribution in [1.29, 1.82) is 0 Å². The molecule has 0 radical (unpaired) electrons. The van der Waals surface area contributed by atoms with Gasteiger partial charge in [0.1, 0.15) is 5.60 Å². The molecule has 5 aliphatic rings. The molecule has 29 heavy (non-hydrogen) atoms. The Labute approximate surface area is 171 Å². The number of primary amides is 1. The fourth-order valence-corrected chi connectivity index (χ4v) is 7.05. The summed E-state index contributed by atoms with van der Waals surface area (Å²) in [7, 11) is 0. The number of ether oxygens (including phenoxy) is 1. The van der Waals surface area contributed by atoms with Crippen LogP contribution < -0.4 is 11.1 Å². The van der Waals surface area contributed by atoms with Crippen molar-refractivity contribution in [2.75, 3.05) is 6.54 Å². The fraction of sp³-hybridized carbons (Fsp3) is 0.857. The summed E-state index contributed by atoms with van der Waals surface area (Å²) >= 11 is 0. The van der Waals surface area contributed by atoms with Crippen molar-refractivity contribution < 1.29 is 24.2 Å². The number of likely N-dealkylation sites (tertiary alicyclic amines) is 1. The van der Waals surface area contributed by atoms with Gasteiger partial charge in [-0.25, -0.2) is 9.59 Å². The van der Waals surface area contributed by atoms with Crippen molar-refractivity contribution in [2.45, 2.75) is 77.0 Å². The zero-order valence-electron chi connectivity index (χ0n) is 17.5. The molecule has 0 aromatic carbocycles. The monoisotopic (exact) mass is 407 g/mol. The van der Waals surface area contributed by atoms with Crippen LogP contribution in [0.1, 0.15) is 59.3 Å². The van der Waals surface area contributed by atoms with E-state index in [1.165, 1.54) is 4.90 Å². The number of carbonyl (C=O) groups is 3. The number of hydrogen-bond donors (Lipinski definition) is 3.